The van der Waals surface area contributed by atoms with Gasteiger partial charge in [-0.15, -0.1) is 0 Å². The molecule has 2 fully saturated rings. The Balaban J connectivity index is 1.32. The van der Waals surface area contributed by atoms with Gasteiger partial charge in [-0.05, 0) is 88.7 Å². The van der Waals surface area contributed by atoms with Crippen LogP contribution in [0, 0.1) is 5.92 Å². The molecule has 2 aromatic carbocycles. The molecular weight excluding hydrogens is 572 g/mol. The van der Waals surface area contributed by atoms with E-state index in [0.29, 0.717) is 12.5 Å². The first-order chi connectivity index (χ1) is 22.2. The number of carbonyl (C=O) groups excluding carboxylic acids is 1. The molecule has 3 aliphatic rings. The van der Waals surface area contributed by atoms with E-state index < -0.39 is 5.60 Å². The summed E-state index contributed by atoms with van der Waals surface area (Å²) in [7, 11) is 0. The number of benzene rings is 2. The van der Waals surface area contributed by atoms with Crippen LogP contribution in [0.1, 0.15) is 77.1 Å². The fourth-order valence-electron chi connectivity index (χ4n) is 8.16. The summed E-state index contributed by atoms with van der Waals surface area (Å²) in [5.41, 5.74) is 5.48. The number of aromatic nitrogens is 1. The number of carbonyl (C=O) groups is 1. The third-order valence-electron chi connectivity index (χ3n) is 10.2. The highest BCUT2D eigenvalue weighted by Crippen LogP contribution is 2.47. The van der Waals surface area contributed by atoms with Gasteiger partial charge in [-0.25, -0.2) is 4.79 Å². The quantitative estimate of drug-likeness (QED) is 0.258. The van der Waals surface area contributed by atoms with Crippen molar-refractivity contribution >= 4 is 6.09 Å². The first kappa shape index (κ1) is 32.5. The van der Waals surface area contributed by atoms with Crippen molar-refractivity contribution < 1.29 is 14.3 Å². The summed E-state index contributed by atoms with van der Waals surface area (Å²) in [6.45, 7) is 17.3. The fraction of sp³-hybridized carbons (Fsp3) is 0.538. The van der Waals surface area contributed by atoms with E-state index in [4.69, 9.17) is 14.5 Å². The Morgan fingerprint density at radius 3 is 2.52 bits per heavy atom. The minimum atomic E-state index is -0.501. The molecule has 2 saturated heterocycles. The van der Waals surface area contributed by atoms with Crippen molar-refractivity contribution in [1.29, 1.82) is 0 Å². The van der Waals surface area contributed by atoms with Gasteiger partial charge in [0.25, 0.3) is 0 Å². The molecule has 3 aromatic rings. The SMILES string of the molecule is CCOc1ccccc1-c1ccc2c(n1)CN(C[C@H]1CCCN1C(=O)OC(C)(C)C)CC21CCN(Cc2ccccc2)CC1CC. The standard InChI is InChI=1S/C39H52N4O3/c1-6-30-25-41(24-29-14-9-8-10-15-29)23-21-39(30)28-42(26-31-16-13-22-43(31)37(44)46-38(3,4)5)27-35-33(39)19-20-34(40-35)32-17-11-12-18-36(32)45-7-2/h8-12,14-15,17-20,30-31H,6-7,13,16,21-28H2,1-5H3/t30?,31-,39?/m1/s1. The van der Waals surface area contributed by atoms with Crippen molar-refractivity contribution in [2.45, 2.75) is 90.4 Å². The molecular formula is C39H52N4O3. The van der Waals surface area contributed by atoms with Crippen LogP contribution >= 0.6 is 0 Å². The number of likely N-dealkylation sites (tertiary alicyclic amines) is 2. The number of nitrogens with zero attached hydrogens (tertiary/aromatic N) is 4. The Bertz CT molecular complexity index is 1490. The van der Waals surface area contributed by atoms with E-state index in [1.165, 1.54) is 16.8 Å². The zero-order chi connectivity index (χ0) is 32.3. The molecule has 2 unspecified atom stereocenters. The third-order valence-corrected chi connectivity index (χ3v) is 10.2. The van der Waals surface area contributed by atoms with Crippen LogP contribution in [-0.4, -0.2) is 76.8 Å². The molecule has 7 heteroatoms. The van der Waals surface area contributed by atoms with Gasteiger partial charge >= 0.3 is 6.09 Å². The zero-order valence-electron chi connectivity index (χ0n) is 28.5. The van der Waals surface area contributed by atoms with E-state index in [0.717, 1.165) is 88.5 Å². The number of pyridine rings is 1. The lowest BCUT2D eigenvalue weighted by molar-refractivity contribution is 0.0107. The van der Waals surface area contributed by atoms with Gasteiger partial charge in [-0.1, -0.05) is 61.9 Å². The van der Waals surface area contributed by atoms with Crippen molar-refractivity contribution in [3.05, 3.63) is 83.6 Å². The van der Waals surface area contributed by atoms with Gasteiger partial charge < -0.3 is 14.4 Å². The molecule has 0 aliphatic carbocycles. The second-order valence-electron chi connectivity index (χ2n) is 14.5. The maximum atomic E-state index is 13.2. The molecule has 7 nitrogen and oxygen atoms in total. The molecule has 0 saturated carbocycles. The molecule has 46 heavy (non-hydrogen) atoms. The van der Waals surface area contributed by atoms with Crippen LogP contribution in [0.2, 0.25) is 0 Å². The highest BCUT2D eigenvalue weighted by atomic mass is 16.6. The summed E-state index contributed by atoms with van der Waals surface area (Å²) >= 11 is 0. The van der Waals surface area contributed by atoms with Crippen LogP contribution in [0.15, 0.2) is 66.7 Å². The monoisotopic (exact) mass is 624 g/mol. The first-order valence-corrected chi connectivity index (χ1v) is 17.4. The molecule has 4 heterocycles. The lowest BCUT2D eigenvalue weighted by Gasteiger charge is -2.53. The lowest BCUT2D eigenvalue weighted by Crippen LogP contribution is -2.58. The average molecular weight is 625 g/mol. The Morgan fingerprint density at radius 2 is 1.76 bits per heavy atom. The zero-order valence-corrected chi connectivity index (χ0v) is 28.5. The molecule has 0 N–H and O–H groups in total. The number of rotatable bonds is 8. The Morgan fingerprint density at radius 1 is 0.978 bits per heavy atom. The van der Waals surface area contributed by atoms with Gasteiger partial charge in [-0.3, -0.25) is 14.8 Å². The predicted octanol–water partition coefficient (Wildman–Crippen LogP) is 7.53. The number of para-hydroxylation sites is 1. The molecule has 1 spiro atoms. The first-order valence-electron chi connectivity index (χ1n) is 17.4. The van der Waals surface area contributed by atoms with Gasteiger partial charge in [0.15, 0.2) is 0 Å². The van der Waals surface area contributed by atoms with E-state index in [2.05, 4.69) is 71.3 Å². The Labute approximate surface area is 275 Å². The summed E-state index contributed by atoms with van der Waals surface area (Å²) in [6.07, 6.45) is 4.05. The maximum Gasteiger partial charge on any atom is 0.410 e. The lowest BCUT2D eigenvalue weighted by atomic mass is 9.62. The van der Waals surface area contributed by atoms with E-state index in [1.807, 2.05) is 44.7 Å². The average Bonchev–Trinajstić information content (AvgIpc) is 3.50. The fourth-order valence-corrected chi connectivity index (χ4v) is 8.16. The summed E-state index contributed by atoms with van der Waals surface area (Å²) in [5.74, 6) is 1.37. The number of piperidine rings is 1. The number of amides is 1. The van der Waals surface area contributed by atoms with Crippen LogP contribution in [0.3, 0.4) is 0 Å². The van der Waals surface area contributed by atoms with E-state index in [9.17, 15) is 4.79 Å². The van der Waals surface area contributed by atoms with Gasteiger partial charge in [0, 0.05) is 56.3 Å². The predicted molar refractivity (Wildman–Crippen MR) is 184 cm³/mol. The molecule has 1 aromatic heterocycles. The van der Waals surface area contributed by atoms with E-state index in [1.54, 1.807) is 0 Å². The van der Waals surface area contributed by atoms with Crippen molar-refractivity contribution in [2.24, 2.45) is 5.92 Å². The van der Waals surface area contributed by atoms with Crippen molar-refractivity contribution in [2.75, 3.05) is 39.3 Å². The summed E-state index contributed by atoms with van der Waals surface area (Å²) in [6, 6.07) is 23.9. The third kappa shape index (κ3) is 6.96. The minimum Gasteiger partial charge on any atom is -0.493 e. The Hall–Kier alpha value is -3.42. The van der Waals surface area contributed by atoms with Crippen LogP contribution < -0.4 is 4.74 Å². The topological polar surface area (TPSA) is 58.1 Å². The highest BCUT2D eigenvalue weighted by Gasteiger charge is 2.49. The number of fused-ring (bicyclic) bond motifs is 2. The highest BCUT2D eigenvalue weighted by molar-refractivity contribution is 5.69. The number of hydrogen-bond acceptors (Lipinski definition) is 6. The Kier molecular flexibility index (Phi) is 9.72. The second kappa shape index (κ2) is 13.7. The van der Waals surface area contributed by atoms with Crippen molar-refractivity contribution in [3.63, 3.8) is 0 Å². The number of ether oxygens (including phenoxy) is 2. The van der Waals surface area contributed by atoms with Gasteiger partial charge in [0.2, 0.25) is 0 Å². The molecule has 246 valence electrons. The maximum absolute atomic E-state index is 13.2. The van der Waals surface area contributed by atoms with E-state index in [-0.39, 0.29) is 17.6 Å². The van der Waals surface area contributed by atoms with Crippen molar-refractivity contribution in [3.8, 4) is 17.0 Å². The van der Waals surface area contributed by atoms with Crippen LogP contribution in [0.25, 0.3) is 11.3 Å². The van der Waals surface area contributed by atoms with Crippen LogP contribution in [0.4, 0.5) is 4.79 Å². The van der Waals surface area contributed by atoms with Crippen molar-refractivity contribution in [1.82, 2.24) is 19.7 Å². The molecule has 0 radical (unpaired) electrons. The van der Waals surface area contributed by atoms with E-state index >= 15 is 0 Å². The number of hydrogen-bond donors (Lipinski definition) is 0. The minimum absolute atomic E-state index is 0.00976. The molecule has 6 rings (SSSR count). The molecule has 3 aliphatic heterocycles. The summed E-state index contributed by atoms with van der Waals surface area (Å²) in [4.78, 5) is 25.9. The van der Waals surface area contributed by atoms with Gasteiger partial charge in [-0.2, -0.15) is 0 Å². The van der Waals surface area contributed by atoms with Crippen LogP contribution in [0.5, 0.6) is 5.75 Å². The molecule has 0 bridgehead atoms. The normalized spacial score (nSPS) is 23.8. The van der Waals surface area contributed by atoms with Gasteiger partial charge in [0.1, 0.15) is 11.4 Å². The second-order valence-corrected chi connectivity index (χ2v) is 14.5. The van der Waals surface area contributed by atoms with Crippen LogP contribution in [-0.2, 0) is 23.2 Å². The molecule has 1 amide bonds. The smallest absolute Gasteiger partial charge is 0.410 e. The van der Waals surface area contributed by atoms with Gasteiger partial charge in [0.05, 0.1) is 18.0 Å². The summed E-state index contributed by atoms with van der Waals surface area (Å²) < 4.78 is 11.9. The largest absolute Gasteiger partial charge is 0.493 e. The summed E-state index contributed by atoms with van der Waals surface area (Å²) in [5, 5.41) is 0. The molecule has 3 atom stereocenters.